The van der Waals surface area contributed by atoms with Crippen LogP contribution in [0.2, 0.25) is 5.02 Å². The van der Waals surface area contributed by atoms with Crippen LogP contribution in [0.15, 0.2) is 47.4 Å². The molecule has 168 valence electrons. The van der Waals surface area contributed by atoms with Crippen molar-refractivity contribution in [2.24, 2.45) is 0 Å². The van der Waals surface area contributed by atoms with Gasteiger partial charge in [-0.1, -0.05) is 30.5 Å². The Morgan fingerprint density at radius 1 is 1.06 bits per heavy atom. The van der Waals surface area contributed by atoms with Crippen LogP contribution in [-0.2, 0) is 10.0 Å². The molecule has 0 atom stereocenters. The zero-order valence-electron chi connectivity index (χ0n) is 17.5. The third-order valence-corrected chi connectivity index (χ3v) is 7.31. The molecule has 2 aromatic carbocycles. The van der Waals surface area contributed by atoms with E-state index in [0.29, 0.717) is 24.6 Å². The number of nitrogens with one attached hydrogen (secondary N) is 1. The molecular formula is C22H27ClN2O5S. The lowest BCUT2D eigenvalue weighted by molar-refractivity contribution is 0.0947. The smallest absolute Gasteiger partial charge is 0.252 e. The Morgan fingerprint density at radius 2 is 1.77 bits per heavy atom. The standard InChI is InChI=1S/C22H27ClN2O5S/c1-29-17-7-6-8-18(15-17)30-14-11-24-22(26)20-16-19(9-10-21(20)23)31(27,28)25-12-4-2-3-5-13-25/h6-10,15-16H,2-5,11-14H2,1H3,(H,24,26). The molecule has 9 heteroatoms. The molecule has 1 aliphatic rings. The molecule has 2 aromatic rings. The summed E-state index contributed by atoms with van der Waals surface area (Å²) in [4.78, 5) is 12.7. The molecule has 1 saturated heterocycles. The average molecular weight is 467 g/mol. The molecule has 3 rings (SSSR count). The zero-order valence-corrected chi connectivity index (χ0v) is 19.0. The van der Waals surface area contributed by atoms with Gasteiger partial charge in [0, 0.05) is 19.2 Å². The fourth-order valence-corrected chi connectivity index (χ4v) is 5.14. The van der Waals surface area contributed by atoms with Crippen LogP contribution < -0.4 is 14.8 Å². The Hall–Kier alpha value is -2.29. The van der Waals surface area contributed by atoms with E-state index >= 15 is 0 Å². The van der Waals surface area contributed by atoms with Crippen molar-refractivity contribution >= 4 is 27.5 Å². The Labute approximate surface area is 188 Å². The molecule has 0 aromatic heterocycles. The Morgan fingerprint density at radius 3 is 2.48 bits per heavy atom. The second kappa shape index (κ2) is 10.8. The Bertz CT molecular complexity index is 1000. The van der Waals surface area contributed by atoms with E-state index in [1.54, 1.807) is 19.2 Å². The van der Waals surface area contributed by atoms with Gasteiger partial charge < -0.3 is 14.8 Å². The molecule has 0 aliphatic carbocycles. The Kier molecular flexibility index (Phi) is 8.17. The number of benzene rings is 2. The molecule has 0 unspecified atom stereocenters. The molecule has 7 nitrogen and oxygen atoms in total. The third kappa shape index (κ3) is 6.12. The van der Waals surface area contributed by atoms with E-state index < -0.39 is 15.9 Å². The van der Waals surface area contributed by atoms with E-state index in [9.17, 15) is 13.2 Å². The summed E-state index contributed by atoms with van der Waals surface area (Å²) in [6.07, 6.45) is 3.73. The number of halogens is 1. The molecule has 1 heterocycles. The highest BCUT2D eigenvalue weighted by atomic mass is 35.5. The van der Waals surface area contributed by atoms with Gasteiger partial charge in [-0.25, -0.2) is 8.42 Å². The maximum Gasteiger partial charge on any atom is 0.252 e. The van der Waals surface area contributed by atoms with Gasteiger partial charge in [-0.3, -0.25) is 4.79 Å². The highest BCUT2D eigenvalue weighted by Crippen LogP contribution is 2.25. The summed E-state index contributed by atoms with van der Waals surface area (Å²) < 4.78 is 38.3. The van der Waals surface area contributed by atoms with Gasteiger partial charge in [0.05, 0.1) is 29.1 Å². The second-order valence-electron chi connectivity index (χ2n) is 7.24. The van der Waals surface area contributed by atoms with E-state index in [1.807, 2.05) is 12.1 Å². The lowest BCUT2D eigenvalue weighted by Crippen LogP contribution is -2.32. The number of nitrogens with zero attached hydrogens (tertiary/aromatic N) is 1. The van der Waals surface area contributed by atoms with Crippen LogP contribution in [-0.4, -0.2) is 52.0 Å². The van der Waals surface area contributed by atoms with Gasteiger partial charge in [0.2, 0.25) is 10.0 Å². The normalized spacial score (nSPS) is 15.2. The van der Waals surface area contributed by atoms with Gasteiger partial charge >= 0.3 is 0 Å². The summed E-state index contributed by atoms with van der Waals surface area (Å²) in [5.41, 5.74) is 0.124. The van der Waals surface area contributed by atoms with Crippen molar-refractivity contribution in [3.05, 3.63) is 53.1 Å². The SMILES string of the molecule is COc1cccc(OCCNC(=O)c2cc(S(=O)(=O)N3CCCCCC3)ccc2Cl)c1. The van der Waals surface area contributed by atoms with E-state index in [2.05, 4.69) is 5.32 Å². The van der Waals surface area contributed by atoms with Crippen molar-refractivity contribution in [3.8, 4) is 11.5 Å². The number of carbonyl (C=O) groups excluding carboxylic acids is 1. The molecular weight excluding hydrogens is 440 g/mol. The minimum Gasteiger partial charge on any atom is -0.497 e. The molecule has 1 aliphatic heterocycles. The lowest BCUT2D eigenvalue weighted by atomic mass is 10.2. The molecule has 0 radical (unpaired) electrons. The molecule has 0 bridgehead atoms. The van der Waals surface area contributed by atoms with Gasteiger partial charge in [-0.15, -0.1) is 0 Å². The van der Waals surface area contributed by atoms with Crippen molar-refractivity contribution < 1.29 is 22.7 Å². The first-order valence-electron chi connectivity index (χ1n) is 10.3. The van der Waals surface area contributed by atoms with E-state index in [1.165, 1.54) is 22.5 Å². The monoisotopic (exact) mass is 466 g/mol. The van der Waals surface area contributed by atoms with Crippen LogP contribution in [0.1, 0.15) is 36.0 Å². The Balaban J connectivity index is 1.63. The van der Waals surface area contributed by atoms with Crippen molar-refractivity contribution in [2.75, 3.05) is 33.4 Å². The van der Waals surface area contributed by atoms with Crippen molar-refractivity contribution in [3.63, 3.8) is 0 Å². The number of hydrogen-bond donors (Lipinski definition) is 1. The number of rotatable bonds is 8. The van der Waals surface area contributed by atoms with Crippen LogP contribution in [0.25, 0.3) is 0 Å². The maximum atomic E-state index is 13.0. The maximum absolute atomic E-state index is 13.0. The zero-order chi connectivity index (χ0) is 22.3. The highest BCUT2D eigenvalue weighted by Gasteiger charge is 2.26. The fourth-order valence-electron chi connectivity index (χ4n) is 3.39. The van der Waals surface area contributed by atoms with Crippen LogP contribution >= 0.6 is 11.6 Å². The van der Waals surface area contributed by atoms with Gasteiger partial charge in [0.15, 0.2) is 0 Å². The van der Waals surface area contributed by atoms with Crippen LogP contribution in [0, 0.1) is 0 Å². The molecule has 0 saturated carbocycles. The molecule has 0 spiro atoms. The number of carbonyl (C=O) groups is 1. The van der Waals surface area contributed by atoms with Gasteiger partial charge in [-0.2, -0.15) is 4.31 Å². The van der Waals surface area contributed by atoms with Gasteiger partial charge in [-0.05, 0) is 43.2 Å². The first-order chi connectivity index (χ1) is 14.9. The van der Waals surface area contributed by atoms with Crippen molar-refractivity contribution in [1.29, 1.82) is 0 Å². The van der Waals surface area contributed by atoms with E-state index in [-0.39, 0.29) is 28.6 Å². The van der Waals surface area contributed by atoms with E-state index in [0.717, 1.165) is 25.7 Å². The number of sulfonamides is 1. The summed E-state index contributed by atoms with van der Waals surface area (Å²) in [5, 5.41) is 2.91. The first-order valence-corrected chi connectivity index (χ1v) is 12.1. The topological polar surface area (TPSA) is 84.9 Å². The minimum absolute atomic E-state index is 0.0802. The summed E-state index contributed by atoms with van der Waals surface area (Å²) in [6.45, 7) is 1.46. The highest BCUT2D eigenvalue weighted by molar-refractivity contribution is 7.89. The third-order valence-electron chi connectivity index (χ3n) is 5.08. The van der Waals surface area contributed by atoms with E-state index in [4.69, 9.17) is 21.1 Å². The number of ether oxygens (including phenoxy) is 2. The van der Waals surface area contributed by atoms with Gasteiger partial charge in [0.25, 0.3) is 5.91 Å². The van der Waals surface area contributed by atoms with Crippen LogP contribution in [0.3, 0.4) is 0 Å². The average Bonchev–Trinajstić information content (AvgIpc) is 3.07. The largest absolute Gasteiger partial charge is 0.497 e. The number of amides is 1. The van der Waals surface area contributed by atoms with Crippen LogP contribution in [0.5, 0.6) is 11.5 Å². The summed E-state index contributed by atoms with van der Waals surface area (Å²) >= 11 is 6.18. The predicted octanol–water partition coefficient (Wildman–Crippen LogP) is 3.72. The molecule has 1 fully saturated rings. The molecule has 1 amide bonds. The number of hydrogen-bond acceptors (Lipinski definition) is 5. The minimum atomic E-state index is -3.67. The summed E-state index contributed by atoms with van der Waals surface area (Å²) in [5.74, 6) is 0.847. The summed E-state index contributed by atoms with van der Waals surface area (Å²) in [7, 11) is -2.09. The second-order valence-corrected chi connectivity index (χ2v) is 9.59. The summed E-state index contributed by atoms with van der Waals surface area (Å²) in [6, 6.07) is 11.4. The van der Waals surface area contributed by atoms with Crippen molar-refractivity contribution in [1.82, 2.24) is 9.62 Å². The number of methoxy groups -OCH3 is 1. The fraction of sp³-hybridized carbons (Fsp3) is 0.409. The van der Waals surface area contributed by atoms with Crippen molar-refractivity contribution in [2.45, 2.75) is 30.6 Å². The van der Waals surface area contributed by atoms with Gasteiger partial charge in [0.1, 0.15) is 18.1 Å². The van der Waals surface area contributed by atoms with Crippen LogP contribution in [0.4, 0.5) is 0 Å². The molecule has 31 heavy (non-hydrogen) atoms. The predicted molar refractivity (Wildman–Crippen MR) is 120 cm³/mol. The molecule has 1 N–H and O–H groups in total. The quantitative estimate of drug-likeness (QED) is 0.599. The lowest BCUT2D eigenvalue weighted by Gasteiger charge is -2.20. The first kappa shape index (κ1) is 23.4.